The zero-order valence-electron chi connectivity index (χ0n) is 19.8. The number of likely N-dealkylation sites (tertiary alicyclic amines) is 1. The summed E-state index contributed by atoms with van der Waals surface area (Å²) in [7, 11) is 2.08. The standard InChI is InChI=1S/C25H34F3N5O/c1-31-23(29-30-24(31)18-10-14-34-15-11-18)4-2-3-12-32-16-19-9-13-33(22(19)17-32)21-7-5-20(6-8-21)25(26,27)28/h5-8,18-19,22H,2-4,9-17H2,1H3/t19-,22+/m1/s1. The molecule has 3 aliphatic heterocycles. The van der Waals surface area contributed by atoms with Crippen LogP contribution in [0.25, 0.3) is 0 Å². The van der Waals surface area contributed by atoms with E-state index in [1.54, 1.807) is 12.1 Å². The fourth-order valence-corrected chi connectivity index (χ4v) is 5.92. The van der Waals surface area contributed by atoms with E-state index in [-0.39, 0.29) is 0 Å². The monoisotopic (exact) mass is 477 g/mol. The third-order valence-corrected chi connectivity index (χ3v) is 7.86. The van der Waals surface area contributed by atoms with Gasteiger partial charge in [-0.3, -0.25) is 0 Å². The highest BCUT2D eigenvalue weighted by Gasteiger charge is 2.41. The molecule has 2 atom stereocenters. The fourth-order valence-electron chi connectivity index (χ4n) is 5.92. The van der Waals surface area contributed by atoms with Crippen molar-refractivity contribution in [2.75, 3.05) is 44.3 Å². The summed E-state index contributed by atoms with van der Waals surface area (Å²) in [6.07, 6.45) is 1.99. The van der Waals surface area contributed by atoms with Gasteiger partial charge in [-0.2, -0.15) is 13.2 Å². The summed E-state index contributed by atoms with van der Waals surface area (Å²) in [5.74, 6) is 3.21. The lowest BCUT2D eigenvalue weighted by molar-refractivity contribution is -0.137. The van der Waals surface area contributed by atoms with Crippen LogP contribution in [0.5, 0.6) is 0 Å². The molecular weight excluding hydrogens is 443 g/mol. The Morgan fingerprint density at radius 3 is 2.50 bits per heavy atom. The molecule has 1 aromatic heterocycles. The van der Waals surface area contributed by atoms with E-state index in [1.165, 1.54) is 12.1 Å². The van der Waals surface area contributed by atoms with E-state index >= 15 is 0 Å². The summed E-state index contributed by atoms with van der Waals surface area (Å²) < 4.78 is 46.3. The minimum Gasteiger partial charge on any atom is -0.381 e. The second kappa shape index (κ2) is 9.85. The Balaban J connectivity index is 1.09. The highest BCUT2D eigenvalue weighted by atomic mass is 19.4. The van der Waals surface area contributed by atoms with Crippen molar-refractivity contribution in [2.45, 2.75) is 56.7 Å². The Hall–Kier alpha value is -2.13. The molecule has 6 nitrogen and oxygen atoms in total. The van der Waals surface area contributed by atoms with Gasteiger partial charge >= 0.3 is 6.18 Å². The maximum atomic E-state index is 12.9. The third-order valence-electron chi connectivity index (χ3n) is 7.86. The zero-order chi connectivity index (χ0) is 23.7. The number of anilines is 1. The molecule has 9 heteroatoms. The number of benzene rings is 1. The molecule has 0 saturated carbocycles. The lowest BCUT2D eigenvalue weighted by atomic mass is 9.99. The summed E-state index contributed by atoms with van der Waals surface area (Å²) >= 11 is 0. The van der Waals surface area contributed by atoms with Crippen LogP contribution in [-0.4, -0.2) is 65.1 Å². The van der Waals surface area contributed by atoms with Gasteiger partial charge in [-0.25, -0.2) is 0 Å². The van der Waals surface area contributed by atoms with Crippen molar-refractivity contribution < 1.29 is 17.9 Å². The van der Waals surface area contributed by atoms with Crippen LogP contribution in [0.1, 0.15) is 55.2 Å². The molecule has 1 aromatic carbocycles. The van der Waals surface area contributed by atoms with E-state index in [9.17, 15) is 13.2 Å². The number of alkyl halides is 3. The molecule has 3 aliphatic rings. The first-order valence-electron chi connectivity index (χ1n) is 12.5. The zero-order valence-corrected chi connectivity index (χ0v) is 19.8. The van der Waals surface area contributed by atoms with Crippen LogP contribution < -0.4 is 4.90 Å². The molecule has 4 heterocycles. The number of unbranched alkanes of at least 4 members (excludes halogenated alkanes) is 1. The molecule has 3 fully saturated rings. The largest absolute Gasteiger partial charge is 0.416 e. The molecule has 186 valence electrons. The highest BCUT2D eigenvalue weighted by molar-refractivity contribution is 5.50. The Morgan fingerprint density at radius 1 is 1.00 bits per heavy atom. The maximum Gasteiger partial charge on any atom is 0.416 e. The number of halogens is 3. The predicted molar refractivity (Wildman–Crippen MR) is 124 cm³/mol. The molecule has 0 spiro atoms. The van der Waals surface area contributed by atoms with E-state index in [4.69, 9.17) is 4.74 Å². The van der Waals surface area contributed by atoms with E-state index in [1.807, 2.05) is 0 Å². The van der Waals surface area contributed by atoms with Crippen molar-refractivity contribution in [3.63, 3.8) is 0 Å². The number of aromatic nitrogens is 3. The first-order valence-corrected chi connectivity index (χ1v) is 12.5. The predicted octanol–water partition coefficient (Wildman–Crippen LogP) is 4.26. The number of rotatable bonds is 7. The van der Waals surface area contributed by atoms with Crippen molar-refractivity contribution in [1.29, 1.82) is 0 Å². The molecule has 34 heavy (non-hydrogen) atoms. The normalized spacial score (nSPS) is 24.2. The van der Waals surface area contributed by atoms with Crippen LogP contribution in [0.15, 0.2) is 24.3 Å². The minimum atomic E-state index is -4.28. The van der Waals surface area contributed by atoms with Crippen LogP contribution in [0.4, 0.5) is 18.9 Å². The molecule has 2 aromatic rings. The highest BCUT2D eigenvalue weighted by Crippen LogP contribution is 2.37. The van der Waals surface area contributed by atoms with E-state index in [0.717, 1.165) is 95.3 Å². The number of fused-ring (bicyclic) bond motifs is 1. The Morgan fingerprint density at radius 2 is 1.76 bits per heavy atom. The number of nitrogens with zero attached hydrogens (tertiary/aromatic N) is 5. The number of hydrogen-bond donors (Lipinski definition) is 0. The summed E-state index contributed by atoms with van der Waals surface area (Å²) in [4.78, 5) is 4.83. The molecule has 0 radical (unpaired) electrons. The number of ether oxygens (including phenoxy) is 1. The maximum absolute atomic E-state index is 12.9. The van der Waals surface area contributed by atoms with Gasteiger partial charge in [0.2, 0.25) is 0 Å². The number of hydrogen-bond acceptors (Lipinski definition) is 5. The average molecular weight is 478 g/mol. The first kappa shape index (κ1) is 23.6. The summed E-state index contributed by atoms with van der Waals surface area (Å²) in [6, 6.07) is 6.06. The SMILES string of the molecule is Cn1c(CCCCN2C[C@H]3CCN(c4ccc(C(F)(F)F)cc4)[C@H]3C2)nnc1C1CCOCC1. The summed E-state index contributed by atoms with van der Waals surface area (Å²) in [6.45, 7) is 5.67. The first-order chi connectivity index (χ1) is 16.4. The molecule has 0 amide bonds. The Labute approximate surface area is 199 Å². The molecule has 0 N–H and O–H groups in total. The van der Waals surface area contributed by atoms with E-state index in [0.29, 0.717) is 17.9 Å². The lowest BCUT2D eigenvalue weighted by Crippen LogP contribution is -2.35. The summed E-state index contributed by atoms with van der Waals surface area (Å²) in [5.41, 5.74) is 0.327. The van der Waals surface area contributed by atoms with Crippen LogP contribution in [0, 0.1) is 5.92 Å². The second-order valence-electron chi connectivity index (χ2n) is 9.99. The molecule has 0 bridgehead atoms. The van der Waals surface area contributed by atoms with Crippen molar-refractivity contribution in [1.82, 2.24) is 19.7 Å². The van der Waals surface area contributed by atoms with E-state index < -0.39 is 11.7 Å². The van der Waals surface area contributed by atoms with E-state index in [2.05, 4.69) is 31.6 Å². The Bertz CT molecular complexity index is 954. The van der Waals surface area contributed by atoms with Crippen LogP contribution in [0.3, 0.4) is 0 Å². The molecule has 0 aliphatic carbocycles. The van der Waals surface area contributed by atoms with Crippen molar-refractivity contribution in [3.8, 4) is 0 Å². The van der Waals surface area contributed by atoms with Crippen molar-refractivity contribution in [2.24, 2.45) is 13.0 Å². The third kappa shape index (κ3) is 4.96. The number of aryl methyl sites for hydroxylation is 1. The van der Waals surface area contributed by atoms with Gasteiger partial charge in [-0.1, -0.05) is 0 Å². The lowest BCUT2D eigenvalue weighted by Gasteiger charge is -2.27. The molecule has 0 unspecified atom stereocenters. The van der Waals surface area contributed by atoms with Gasteiger partial charge in [0.1, 0.15) is 11.6 Å². The molecular formula is C25H34F3N5O. The second-order valence-corrected chi connectivity index (χ2v) is 9.99. The van der Waals surface area contributed by atoms with Gasteiger partial charge in [-0.15, -0.1) is 10.2 Å². The van der Waals surface area contributed by atoms with Gasteiger partial charge in [0, 0.05) is 64.0 Å². The van der Waals surface area contributed by atoms with Gasteiger partial charge in [0.25, 0.3) is 0 Å². The smallest absolute Gasteiger partial charge is 0.381 e. The van der Waals surface area contributed by atoms with Gasteiger partial charge < -0.3 is 19.1 Å². The molecule has 3 saturated heterocycles. The quantitative estimate of drug-likeness (QED) is 0.558. The minimum absolute atomic E-state index is 0.400. The Kier molecular flexibility index (Phi) is 6.84. The topological polar surface area (TPSA) is 46.4 Å². The fraction of sp³-hybridized carbons (Fsp3) is 0.680. The van der Waals surface area contributed by atoms with Crippen LogP contribution >= 0.6 is 0 Å². The van der Waals surface area contributed by atoms with Crippen LogP contribution in [0.2, 0.25) is 0 Å². The van der Waals surface area contributed by atoms with Crippen LogP contribution in [-0.2, 0) is 24.4 Å². The average Bonchev–Trinajstić information content (AvgIpc) is 3.51. The van der Waals surface area contributed by atoms with Crippen molar-refractivity contribution >= 4 is 5.69 Å². The molecule has 5 rings (SSSR count). The summed E-state index contributed by atoms with van der Waals surface area (Å²) in [5, 5.41) is 8.92. The van der Waals surface area contributed by atoms with Gasteiger partial charge in [-0.05, 0) is 68.8 Å². The van der Waals surface area contributed by atoms with Gasteiger partial charge in [0.05, 0.1) is 5.56 Å². The van der Waals surface area contributed by atoms with Crippen molar-refractivity contribution in [3.05, 3.63) is 41.5 Å². The van der Waals surface area contributed by atoms with Gasteiger partial charge in [0.15, 0.2) is 0 Å².